The number of rotatable bonds is 5. The Balaban J connectivity index is 1.97. The average molecular weight is 288 g/mol. The number of halogens is 1. The molecule has 5 heteroatoms. The summed E-state index contributed by atoms with van der Waals surface area (Å²) in [4.78, 5) is 15.5. The van der Waals surface area contributed by atoms with Crippen molar-refractivity contribution in [2.75, 3.05) is 7.11 Å². The van der Waals surface area contributed by atoms with E-state index in [0.29, 0.717) is 17.7 Å². The summed E-state index contributed by atoms with van der Waals surface area (Å²) in [6.07, 6.45) is 1.47. The van der Waals surface area contributed by atoms with E-state index in [4.69, 9.17) is 0 Å². The quantitative estimate of drug-likeness (QED) is 0.860. The molecule has 1 aromatic heterocycles. The van der Waals surface area contributed by atoms with Crippen LogP contribution in [-0.2, 0) is 11.3 Å². The predicted molar refractivity (Wildman–Crippen MR) is 77.2 cm³/mol. The van der Waals surface area contributed by atoms with Gasteiger partial charge in [-0.05, 0) is 25.1 Å². The lowest BCUT2D eigenvalue weighted by Gasteiger charge is -2.14. The van der Waals surface area contributed by atoms with Crippen molar-refractivity contribution < 1.29 is 13.9 Å². The largest absolute Gasteiger partial charge is 0.465 e. The lowest BCUT2D eigenvalue weighted by atomic mass is 10.1. The van der Waals surface area contributed by atoms with E-state index >= 15 is 0 Å². The number of benzene rings is 1. The maximum Gasteiger partial charge on any atom is 0.339 e. The molecule has 0 fully saturated rings. The van der Waals surface area contributed by atoms with E-state index in [2.05, 4.69) is 15.0 Å². The van der Waals surface area contributed by atoms with Crippen LogP contribution in [0.25, 0.3) is 0 Å². The van der Waals surface area contributed by atoms with Crippen LogP contribution in [0.3, 0.4) is 0 Å². The molecule has 1 atom stereocenters. The van der Waals surface area contributed by atoms with Gasteiger partial charge in [-0.25, -0.2) is 9.18 Å². The summed E-state index contributed by atoms with van der Waals surface area (Å²) in [5.74, 6) is -0.645. The van der Waals surface area contributed by atoms with Crippen LogP contribution in [0, 0.1) is 5.82 Å². The van der Waals surface area contributed by atoms with Crippen molar-refractivity contribution in [1.29, 1.82) is 0 Å². The van der Waals surface area contributed by atoms with Crippen molar-refractivity contribution in [2.24, 2.45) is 0 Å². The molecule has 0 bridgehead atoms. The normalized spacial score (nSPS) is 12.0. The molecule has 0 aliphatic heterocycles. The predicted octanol–water partition coefficient (Wildman–Crippen LogP) is 2.86. The number of hydrogen-bond donors (Lipinski definition) is 1. The maximum absolute atomic E-state index is 13.6. The number of nitrogens with one attached hydrogen (secondary N) is 1. The molecule has 0 amide bonds. The molecule has 4 nitrogen and oxygen atoms in total. The first-order valence-electron chi connectivity index (χ1n) is 6.63. The zero-order valence-corrected chi connectivity index (χ0v) is 12.0. The Kier molecular flexibility index (Phi) is 5.00. The van der Waals surface area contributed by atoms with Crippen LogP contribution in [-0.4, -0.2) is 18.1 Å². The second-order valence-corrected chi connectivity index (χ2v) is 4.65. The lowest BCUT2D eigenvalue weighted by molar-refractivity contribution is 0.0600. The molecular formula is C16H17FN2O2. The van der Waals surface area contributed by atoms with Crippen molar-refractivity contribution in [3.8, 4) is 0 Å². The van der Waals surface area contributed by atoms with Gasteiger partial charge in [0.05, 0.1) is 18.4 Å². The van der Waals surface area contributed by atoms with E-state index in [9.17, 15) is 9.18 Å². The molecule has 0 spiro atoms. The van der Waals surface area contributed by atoms with E-state index in [0.717, 1.165) is 5.69 Å². The molecule has 21 heavy (non-hydrogen) atoms. The van der Waals surface area contributed by atoms with Crippen molar-refractivity contribution in [3.05, 3.63) is 65.2 Å². The molecule has 0 radical (unpaired) electrons. The fourth-order valence-corrected chi connectivity index (χ4v) is 1.96. The van der Waals surface area contributed by atoms with Gasteiger partial charge < -0.3 is 10.1 Å². The molecule has 0 aliphatic carbocycles. The molecule has 2 rings (SSSR count). The minimum absolute atomic E-state index is 0.131. The molecule has 0 saturated carbocycles. The van der Waals surface area contributed by atoms with Crippen LogP contribution < -0.4 is 5.32 Å². The van der Waals surface area contributed by atoms with Gasteiger partial charge in [0.2, 0.25) is 0 Å². The Morgan fingerprint density at radius 2 is 2.10 bits per heavy atom. The fourth-order valence-electron chi connectivity index (χ4n) is 1.96. The van der Waals surface area contributed by atoms with Gasteiger partial charge in [0.1, 0.15) is 5.82 Å². The number of nitrogens with zero attached hydrogens (tertiary/aromatic N) is 1. The van der Waals surface area contributed by atoms with E-state index < -0.39 is 5.97 Å². The Labute approximate surface area is 123 Å². The van der Waals surface area contributed by atoms with Crippen LogP contribution >= 0.6 is 0 Å². The van der Waals surface area contributed by atoms with Gasteiger partial charge in [-0.15, -0.1) is 0 Å². The zero-order valence-electron chi connectivity index (χ0n) is 12.0. The second-order valence-electron chi connectivity index (χ2n) is 4.65. The molecule has 0 unspecified atom stereocenters. The minimum Gasteiger partial charge on any atom is -0.465 e. The highest BCUT2D eigenvalue weighted by atomic mass is 19.1. The van der Waals surface area contributed by atoms with Crippen molar-refractivity contribution in [2.45, 2.75) is 19.5 Å². The van der Waals surface area contributed by atoms with E-state index in [1.807, 2.05) is 6.92 Å². The maximum atomic E-state index is 13.6. The van der Waals surface area contributed by atoms with Gasteiger partial charge in [-0.3, -0.25) is 4.98 Å². The Morgan fingerprint density at radius 3 is 2.71 bits per heavy atom. The summed E-state index contributed by atoms with van der Waals surface area (Å²) < 4.78 is 18.2. The number of methoxy groups -OCH3 is 1. The monoisotopic (exact) mass is 288 g/mol. The number of aromatic nitrogens is 1. The first-order chi connectivity index (χ1) is 10.1. The first kappa shape index (κ1) is 15.1. The van der Waals surface area contributed by atoms with Gasteiger partial charge in [0.25, 0.3) is 0 Å². The highest BCUT2D eigenvalue weighted by Crippen LogP contribution is 2.16. The Morgan fingerprint density at radius 1 is 1.33 bits per heavy atom. The number of carbonyl (C=O) groups is 1. The summed E-state index contributed by atoms with van der Waals surface area (Å²) in [7, 11) is 1.33. The Bertz CT molecular complexity index is 614. The smallest absolute Gasteiger partial charge is 0.339 e. The second kappa shape index (κ2) is 6.95. The molecular weight excluding hydrogens is 271 g/mol. The van der Waals surface area contributed by atoms with Gasteiger partial charge in [0, 0.05) is 24.3 Å². The van der Waals surface area contributed by atoms with Crippen LogP contribution in [0.2, 0.25) is 0 Å². The van der Waals surface area contributed by atoms with Crippen LogP contribution in [0.5, 0.6) is 0 Å². The third kappa shape index (κ3) is 3.86. The average Bonchev–Trinajstić information content (AvgIpc) is 2.52. The van der Waals surface area contributed by atoms with E-state index in [-0.39, 0.29) is 11.9 Å². The number of pyridine rings is 1. The number of ether oxygens (including phenoxy) is 1. The number of esters is 1. The van der Waals surface area contributed by atoms with E-state index in [1.165, 1.54) is 19.4 Å². The third-order valence-corrected chi connectivity index (χ3v) is 3.21. The molecule has 2 aromatic rings. The number of hydrogen-bond acceptors (Lipinski definition) is 4. The fraction of sp³-hybridized carbons (Fsp3) is 0.250. The van der Waals surface area contributed by atoms with Gasteiger partial charge >= 0.3 is 5.97 Å². The highest BCUT2D eigenvalue weighted by molar-refractivity contribution is 5.88. The summed E-state index contributed by atoms with van der Waals surface area (Å²) in [5.41, 5.74) is 1.79. The summed E-state index contributed by atoms with van der Waals surface area (Å²) in [6, 6.07) is 9.93. The Hall–Kier alpha value is -2.27. The van der Waals surface area contributed by atoms with Gasteiger partial charge in [-0.1, -0.05) is 18.2 Å². The summed E-state index contributed by atoms with van der Waals surface area (Å²) in [6.45, 7) is 2.37. The lowest BCUT2D eigenvalue weighted by Crippen LogP contribution is -2.19. The van der Waals surface area contributed by atoms with Crippen molar-refractivity contribution in [3.63, 3.8) is 0 Å². The summed E-state index contributed by atoms with van der Waals surface area (Å²) >= 11 is 0. The standard InChI is InChI=1S/C16H17FN2O2/c1-11(14-5-3-4-6-15(14)17)18-10-13-8-7-12(9-19-13)16(20)21-2/h3-9,11,18H,10H2,1-2H3/t11-/m1/s1. The molecule has 1 aromatic carbocycles. The third-order valence-electron chi connectivity index (χ3n) is 3.21. The molecule has 0 aliphatic rings. The van der Waals surface area contributed by atoms with Crippen LogP contribution in [0.4, 0.5) is 4.39 Å². The SMILES string of the molecule is COC(=O)c1ccc(CN[C@H](C)c2ccccc2F)nc1. The van der Waals surface area contributed by atoms with Gasteiger partial charge in [0.15, 0.2) is 0 Å². The summed E-state index contributed by atoms with van der Waals surface area (Å²) in [5, 5.41) is 3.20. The van der Waals surface area contributed by atoms with Gasteiger partial charge in [-0.2, -0.15) is 0 Å². The topological polar surface area (TPSA) is 51.2 Å². The molecule has 110 valence electrons. The zero-order chi connectivity index (χ0) is 15.2. The highest BCUT2D eigenvalue weighted by Gasteiger charge is 2.10. The van der Waals surface area contributed by atoms with Crippen molar-refractivity contribution >= 4 is 5.97 Å². The van der Waals surface area contributed by atoms with Crippen LogP contribution in [0.15, 0.2) is 42.6 Å². The van der Waals surface area contributed by atoms with Crippen molar-refractivity contribution in [1.82, 2.24) is 10.3 Å². The first-order valence-corrected chi connectivity index (χ1v) is 6.63. The minimum atomic E-state index is -0.415. The number of carbonyl (C=O) groups excluding carboxylic acids is 1. The molecule has 1 N–H and O–H groups in total. The molecule has 1 heterocycles. The molecule has 0 saturated heterocycles. The van der Waals surface area contributed by atoms with E-state index in [1.54, 1.807) is 30.3 Å². The van der Waals surface area contributed by atoms with Crippen LogP contribution in [0.1, 0.15) is 34.6 Å².